The highest BCUT2D eigenvalue weighted by atomic mass is 31.2. The van der Waals surface area contributed by atoms with E-state index < -0.39 is 19.4 Å². The van der Waals surface area contributed by atoms with Gasteiger partial charge in [-0.25, -0.2) is 9.78 Å². The molecule has 0 aliphatic carbocycles. The van der Waals surface area contributed by atoms with Gasteiger partial charge < -0.3 is 14.0 Å². The van der Waals surface area contributed by atoms with Crippen molar-refractivity contribution in [2.24, 2.45) is 14.1 Å². The highest BCUT2D eigenvalue weighted by Crippen LogP contribution is 2.42. The number of fused-ring (bicyclic) bond motifs is 1. The van der Waals surface area contributed by atoms with E-state index in [2.05, 4.69) is 4.98 Å². The minimum atomic E-state index is -3.87. The summed E-state index contributed by atoms with van der Waals surface area (Å²) in [4.78, 5) is 39.4. The maximum absolute atomic E-state index is 12.7. The standard InChI is InChI=1S/C19H25N4O5P/c1-14(28-29(26,27)15-10-5-4-6-11-15)9-7-8-12-23-18(24)16-17(20-13-21(16)2)22(3)19(23)25/h4-6,10-11,13-14H,7-9,12H2,1-3H3,(H,26,27). The van der Waals surface area contributed by atoms with Gasteiger partial charge >= 0.3 is 13.3 Å². The molecule has 29 heavy (non-hydrogen) atoms. The highest BCUT2D eigenvalue weighted by Gasteiger charge is 2.25. The number of unbranched alkanes of at least 4 members (excludes halogenated alkanes) is 1. The molecule has 156 valence electrons. The van der Waals surface area contributed by atoms with Crippen LogP contribution in [-0.4, -0.2) is 29.7 Å². The van der Waals surface area contributed by atoms with Crippen LogP contribution in [0.4, 0.5) is 0 Å². The van der Waals surface area contributed by atoms with E-state index in [1.807, 2.05) is 0 Å². The maximum atomic E-state index is 12.7. The first-order valence-electron chi connectivity index (χ1n) is 9.40. The van der Waals surface area contributed by atoms with Crippen LogP contribution in [0.5, 0.6) is 0 Å². The van der Waals surface area contributed by atoms with Gasteiger partial charge in [0.2, 0.25) is 0 Å². The Bertz CT molecular complexity index is 1170. The van der Waals surface area contributed by atoms with Gasteiger partial charge in [0.15, 0.2) is 11.2 Å². The van der Waals surface area contributed by atoms with Gasteiger partial charge in [-0.1, -0.05) is 18.2 Å². The molecule has 2 atom stereocenters. The van der Waals surface area contributed by atoms with Crippen molar-refractivity contribution in [3.8, 4) is 0 Å². The molecule has 9 nitrogen and oxygen atoms in total. The number of benzene rings is 1. The zero-order valence-corrected chi connectivity index (χ0v) is 17.6. The molecule has 0 spiro atoms. The Morgan fingerprint density at radius 1 is 1.17 bits per heavy atom. The van der Waals surface area contributed by atoms with Crippen LogP contribution in [0.25, 0.3) is 11.2 Å². The zero-order valence-electron chi connectivity index (χ0n) is 16.7. The van der Waals surface area contributed by atoms with Gasteiger partial charge in [0, 0.05) is 20.6 Å². The largest absolute Gasteiger partial charge is 0.359 e. The average molecular weight is 420 g/mol. The number of aryl methyl sites for hydroxylation is 2. The third-order valence-corrected chi connectivity index (χ3v) is 6.45. The molecule has 1 aromatic carbocycles. The topological polar surface area (TPSA) is 108 Å². The molecule has 1 N–H and O–H groups in total. The van der Waals surface area contributed by atoms with E-state index in [1.165, 1.54) is 15.5 Å². The molecule has 0 fully saturated rings. The Labute approximate surface area is 167 Å². The van der Waals surface area contributed by atoms with Crippen LogP contribution in [0, 0.1) is 0 Å². The zero-order chi connectivity index (χ0) is 21.2. The molecule has 0 aliphatic rings. The van der Waals surface area contributed by atoms with Crippen LogP contribution in [0.1, 0.15) is 26.2 Å². The van der Waals surface area contributed by atoms with E-state index in [9.17, 15) is 19.0 Å². The van der Waals surface area contributed by atoms with Gasteiger partial charge in [0.25, 0.3) is 5.56 Å². The van der Waals surface area contributed by atoms with Crippen molar-refractivity contribution in [3.63, 3.8) is 0 Å². The molecule has 0 amide bonds. The van der Waals surface area contributed by atoms with Crippen LogP contribution < -0.4 is 16.6 Å². The van der Waals surface area contributed by atoms with Crippen LogP contribution in [0.3, 0.4) is 0 Å². The molecular formula is C19H25N4O5P. The summed E-state index contributed by atoms with van der Waals surface area (Å²) in [5, 5.41) is 0.256. The summed E-state index contributed by atoms with van der Waals surface area (Å²) in [5.74, 6) is 0. The van der Waals surface area contributed by atoms with Crippen molar-refractivity contribution < 1.29 is 14.0 Å². The fraction of sp³-hybridized carbons (Fsp3) is 0.421. The number of hydrogen-bond acceptors (Lipinski definition) is 5. The van der Waals surface area contributed by atoms with Crippen LogP contribution in [-0.2, 0) is 29.7 Å². The molecule has 3 rings (SSSR count). The highest BCUT2D eigenvalue weighted by molar-refractivity contribution is 7.61. The first kappa shape index (κ1) is 21.2. The monoisotopic (exact) mass is 420 g/mol. The van der Waals surface area contributed by atoms with Crippen molar-refractivity contribution in [2.45, 2.75) is 38.8 Å². The fourth-order valence-electron chi connectivity index (χ4n) is 3.27. The second-order valence-electron chi connectivity index (χ2n) is 7.09. The lowest BCUT2D eigenvalue weighted by Gasteiger charge is -2.18. The molecule has 0 aliphatic heterocycles. The molecule has 10 heteroatoms. The quantitative estimate of drug-likeness (QED) is 0.437. The number of nitrogens with zero attached hydrogens (tertiary/aromatic N) is 4. The van der Waals surface area contributed by atoms with Gasteiger partial charge in [0.1, 0.15) is 0 Å². The number of rotatable bonds is 8. The van der Waals surface area contributed by atoms with Gasteiger partial charge in [-0.05, 0) is 38.3 Å². The minimum Gasteiger partial charge on any atom is -0.328 e. The Kier molecular flexibility index (Phi) is 6.21. The van der Waals surface area contributed by atoms with Gasteiger partial charge in [0.05, 0.1) is 17.7 Å². The first-order chi connectivity index (χ1) is 13.7. The molecular weight excluding hydrogens is 395 g/mol. The van der Waals surface area contributed by atoms with Crippen LogP contribution in [0.15, 0.2) is 46.2 Å². The van der Waals surface area contributed by atoms with Crippen LogP contribution in [0.2, 0.25) is 0 Å². The maximum Gasteiger partial charge on any atom is 0.359 e. The summed E-state index contributed by atoms with van der Waals surface area (Å²) in [6.45, 7) is 1.99. The molecule has 0 saturated carbocycles. The lowest BCUT2D eigenvalue weighted by atomic mass is 10.2. The fourth-order valence-corrected chi connectivity index (χ4v) is 4.53. The van der Waals surface area contributed by atoms with Gasteiger partial charge in [-0.2, -0.15) is 0 Å². The van der Waals surface area contributed by atoms with Gasteiger partial charge in [-0.15, -0.1) is 0 Å². The first-order valence-corrected chi connectivity index (χ1v) is 11.0. The lowest BCUT2D eigenvalue weighted by Crippen LogP contribution is -2.39. The summed E-state index contributed by atoms with van der Waals surface area (Å²) < 4.78 is 21.9. The van der Waals surface area contributed by atoms with Crippen molar-refractivity contribution in [3.05, 3.63) is 57.5 Å². The molecule has 2 heterocycles. The number of imidazole rings is 1. The smallest absolute Gasteiger partial charge is 0.328 e. The molecule has 2 aromatic heterocycles. The third-order valence-electron chi connectivity index (χ3n) is 4.85. The Morgan fingerprint density at radius 3 is 2.55 bits per heavy atom. The van der Waals surface area contributed by atoms with E-state index in [4.69, 9.17) is 4.52 Å². The van der Waals surface area contributed by atoms with E-state index in [1.54, 1.807) is 55.9 Å². The Balaban J connectivity index is 1.61. The second-order valence-corrected chi connectivity index (χ2v) is 8.86. The van der Waals surface area contributed by atoms with Gasteiger partial charge in [-0.3, -0.25) is 18.5 Å². The summed E-state index contributed by atoms with van der Waals surface area (Å²) in [6.07, 6.45) is 2.79. The number of hydrogen-bond donors (Lipinski definition) is 1. The normalized spacial score (nSPS) is 14.8. The summed E-state index contributed by atoms with van der Waals surface area (Å²) in [6, 6.07) is 8.25. The molecule has 2 unspecified atom stereocenters. The lowest BCUT2D eigenvalue weighted by molar-refractivity contribution is 0.183. The van der Waals surface area contributed by atoms with E-state index in [0.29, 0.717) is 30.4 Å². The summed E-state index contributed by atoms with van der Waals surface area (Å²) in [5.41, 5.74) is -0.0287. The summed E-state index contributed by atoms with van der Waals surface area (Å²) in [7, 11) is -0.572. The third kappa shape index (κ3) is 4.42. The van der Waals surface area contributed by atoms with Crippen LogP contribution >= 0.6 is 7.60 Å². The minimum absolute atomic E-state index is 0.256. The predicted octanol–water partition coefficient (Wildman–Crippen LogP) is 1.52. The van der Waals surface area contributed by atoms with Crippen molar-refractivity contribution in [1.82, 2.24) is 18.7 Å². The molecule has 3 aromatic rings. The average Bonchev–Trinajstić information content (AvgIpc) is 3.08. The number of aromatic nitrogens is 4. The predicted molar refractivity (Wildman–Crippen MR) is 111 cm³/mol. The SMILES string of the molecule is CC(CCCCn1c(=O)c2c(ncn2C)n(C)c1=O)OP(=O)(O)c1ccccc1. The molecule has 0 bridgehead atoms. The Hall–Kier alpha value is -2.48. The summed E-state index contributed by atoms with van der Waals surface area (Å²) >= 11 is 0. The second kappa shape index (κ2) is 8.49. The van der Waals surface area contributed by atoms with E-state index in [0.717, 1.165) is 0 Å². The van der Waals surface area contributed by atoms with Crippen molar-refractivity contribution in [2.75, 3.05) is 0 Å². The molecule has 0 radical (unpaired) electrons. The van der Waals surface area contributed by atoms with Crippen molar-refractivity contribution >= 4 is 24.1 Å². The van der Waals surface area contributed by atoms with E-state index in [-0.39, 0.29) is 17.4 Å². The Morgan fingerprint density at radius 2 is 1.86 bits per heavy atom. The van der Waals surface area contributed by atoms with Crippen molar-refractivity contribution in [1.29, 1.82) is 0 Å². The molecule has 0 saturated heterocycles. The van der Waals surface area contributed by atoms with E-state index >= 15 is 0 Å².